The van der Waals surface area contributed by atoms with Crippen LogP contribution in [0, 0.1) is 5.82 Å². The number of imide groups is 1. The maximum atomic E-state index is 13.8. The molecule has 2 aromatic rings. The van der Waals surface area contributed by atoms with Crippen molar-refractivity contribution in [3.63, 3.8) is 0 Å². The summed E-state index contributed by atoms with van der Waals surface area (Å²) in [5.74, 6) is -1.76. The molecule has 5 heteroatoms. The Labute approximate surface area is 113 Å². The van der Waals surface area contributed by atoms with Crippen LogP contribution in [0.5, 0.6) is 0 Å². The van der Waals surface area contributed by atoms with Crippen molar-refractivity contribution in [2.45, 2.75) is 0 Å². The van der Waals surface area contributed by atoms with E-state index in [0.29, 0.717) is 0 Å². The first-order chi connectivity index (χ1) is 9.09. The van der Waals surface area contributed by atoms with Gasteiger partial charge in [-0.15, -0.1) is 0 Å². The number of rotatable bonds is 1. The van der Waals surface area contributed by atoms with Gasteiger partial charge in [0.05, 0.1) is 16.8 Å². The van der Waals surface area contributed by atoms with Crippen LogP contribution in [0.4, 0.5) is 10.1 Å². The third-order valence-electron chi connectivity index (χ3n) is 2.94. The molecule has 1 heterocycles. The summed E-state index contributed by atoms with van der Waals surface area (Å²) in [6.07, 6.45) is 0. The number of amides is 2. The van der Waals surface area contributed by atoms with Gasteiger partial charge in [0.15, 0.2) is 0 Å². The van der Waals surface area contributed by atoms with E-state index in [-0.39, 0.29) is 21.8 Å². The van der Waals surface area contributed by atoms with E-state index in [2.05, 4.69) is 0 Å². The molecular formula is C14H7ClFNO2. The largest absolute Gasteiger partial charge is 0.268 e. The fraction of sp³-hybridized carbons (Fsp3) is 0. The summed E-state index contributed by atoms with van der Waals surface area (Å²) in [4.78, 5) is 25.1. The molecule has 1 aliphatic heterocycles. The first kappa shape index (κ1) is 11.9. The predicted molar refractivity (Wildman–Crippen MR) is 69.0 cm³/mol. The molecule has 3 nitrogen and oxygen atoms in total. The van der Waals surface area contributed by atoms with Gasteiger partial charge in [0.1, 0.15) is 5.82 Å². The van der Waals surface area contributed by atoms with Gasteiger partial charge in [-0.1, -0.05) is 23.7 Å². The lowest BCUT2D eigenvalue weighted by atomic mass is 10.1. The standard InChI is InChI=1S/C14H7ClFNO2/c15-8-5-6-12(11(16)7-8)17-13(18)9-3-1-2-4-10(9)14(17)19/h1-7H. The highest BCUT2D eigenvalue weighted by molar-refractivity contribution is 6.35. The molecule has 0 aromatic heterocycles. The molecule has 1 aliphatic rings. The quantitative estimate of drug-likeness (QED) is 0.749. The average Bonchev–Trinajstić information content (AvgIpc) is 2.64. The van der Waals surface area contributed by atoms with Crippen LogP contribution in [0.25, 0.3) is 0 Å². The van der Waals surface area contributed by atoms with Gasteiger partial charge in [0, 0.05) is 5.02 Å². The number of carbonyl (C=O) groups excluding carboxylic acids is 2. The van der Waals surface area contributed by atoms with Crippen LogP contribution in [0.15, 0.2) is 42.5 Å². The summed E-state index contributed by atoms with van der Waals surface area (Å²) in [5.41, 5.74) is 0.472. The van der Waals surface area contributed by atoms with Gasteiger partial charge in [0.2, 0.25) is 0 Å². The Hall–Kier alpha value is -2.20. The second-order valence-corrected chi connectivity index (χ2v) is 4.52. The van der Waals surface area contributed by atoms with Gasteiger partial charge in [-0.2, -0.15) is 0 Å². The number of benzene rings is 2. The molecule has 0 N–H and O–H groups in total. The van der Waals surface area contributed by atoms with Crippen LogP contribution in [0.3, 0.4) is 0 Å². The minimum absolute atomic E-state index is 0.0874. The normalized spacial score (nSPS) is 13.9. The topological polar surface area (TPSA) is 37.4 Å². The molecule has 0 saturated carbocycles. The molecule has 0 unspecified atom stereocenters. The van der Waals surface area contributed by atoms with E-state index in [1.54, 1.807) is 24.3 Å². The van der Waals surface area contributed by atoms with Gasteiger partial charge < -0.3 is 0 Å². The predicted octanol–water partition coefficient (Wildman–Crippen LogP) is 3.28. The summed E-state index contributed by atoms with van der Waals surface area (Å²) in [5, 5.41) is 0.206. The first-order valence-electron chi connectivity index (χ1n) is 5.52. The SMILES string of the molecule is O=C1c2ccccc2C(=O)N1c1ccc(Cl)cc1F. The average molecular weight is 276 g/mol. The van der Waals surface area contributed by atoms with Crippen LogP contribution >= 0.6 is 11.6 Å². The van der Waals surface area contributed by atoms with Crippen molar-refractivity contribution in [2.24, 2.45) is 0 Å². The molecule has 0 aliphatic carbocycles. The minimum Gasteiger partial charge on any atom is -0.268 e. The zero-order valence-corrected chi connectivity index (χ0v) is 10.3. The molecule has 0 fully saturated rings. The molecule has 2 aromatic carbocycles. The fourth-order valence-corrected chi connectivity index (χ4v) is 2.23. The minimum atomic E-state index is -0.706. The summed E-state index contributed by atoms with van der Waals surface area (Å²) in [6.45, 7) is 0. The van der Waals surface area contributed by atoms with E-state index in [9.17, 15) is 14.0 Å². The number of hydrogen-bond donors (Lipinski definition) is 0. The summed E-state index contributed by atoms with van der Waals surface area (Å²) in [7, 11) is 0. The Kier molecular flexibility index (Phi) is 2.61. The van der Waals surface area contributed by atoms with Crippen molar-refractivity contribution in [3.8, 4) is 0 Å². The van der Waals surface area contributed by atoms with E-state index < -0.39 is 17.6 Å². The maximum Gasteiger partial charge on any atom is 0.266 e. The highest BCUT2D eigenvalue weighted by Gasteiger charge is 2.37. The number of fused-ring (bicyclic) bond motifs is 1. The van der Waals surface area contributed by atoms with E-state index in [1.807, 2.05) is 0 Å². The van der Waals surface area contributed by atoms with Crippen molar-refractivity contribution >= 4 is 29.1 Å². The molecule has 19 heavy (non-hydrogen) atoms. The molecule has 0 radical (unpaired) electrons. The number of carbonyl (C=O) groups is 2. The first-order valence-corrected chi connectivity index (χ1v) is 5.90. The smallest absolute Gasteiger partial charge is 0.266 e. The Morgan fingerprint density at radius 3 is 2.05 bits per heavy atom. The number of hydrogen-bond acceptors (Lipinski definition) is 2. The third-order valence-corrected chi connectivity index (χ3v) is 3.18. The van der Waals surface area contributed by atoms with Gasteiger partial charge in [0.25, 0.3) is 11.8 Å². The van der Waals surface area contributed by atoms with E-state index >= 15 is 0 Å². The number of anilines is 1. The highest BCUT2D eigenvalue weighted by atomic mass is 35.5. The van der Waals surface area contributed by atoms with Gasteiger partial charge in [-0.3, -0.25) is 9.59 Å². The third kappa shape index (κ3) is 1.72. The second-order valence-electron chi connectivity index (χ2n) is 4.09. The monoisotopic (exact) mass is 275 g/mol. The van der Waals surface area contributed by atoms with Crippen molar-refractivity contribution in [3.05, 3.63) is 64.4 Å². The number of halogens is 2. The summed E-state index contributed by atoms with van der Waals surface area (Å²) < 4.78 is 13.8. The van der Waals surface area contributed by atoms with Crippen LogP contribution in [0.2, 0.25) is 5.02 Å². The van der Waals surface area contributed by atoms with Crippen molar-refractivity contribution < 1.29 is 14.0 Å². The molecule has 94 valence electrons. The fourth-order valence-electron chi connectivity index (χ4n) is 2.07. The van der Waals surface area contributed by atoms with Crippen LogP contribution in [0.1, 0.15) is 20.7 Å². The Morgan fingerprint density at radius 2 is 1.53 bits per heavy atom. The van der Waals surface area contributed by atoms with Crippen molar-refractivity contribution in [1.82, 2.24) is 0 Å². The Morgan fingerprint density at radius 1 is 0.947 bits per heavy atom. The van der Waals surface area contributed by atoms with Gasteiger partial charge in [-0.05, 0) is 30.3 Å². The van der Waals surface area contributed by atoms with Crippen molar-refractivity contribution in [1.29, 1.82) is 0 Å². The molecule has 0 spiro atoms. The Balaban J connectivity index is 2.14. The van der Waals surface area contributed by atoms with Crippen LogP contribution < -0.4 is 4.90 Å². The lowest BCUT2D eigenvalue weighted by Crippen LogP contribution is -2.30. The Bertz CT molecular complexity index is 679. The molecule has 0 saturated heterocycles. The van der Waals surface area contributed by atoms with E-state index in [4.69, 9.17) is 11.6 Å². The zero-order valence-electron chi connectivity index (χ0n) is 9.56. The number of nitrogens with zero attached hydrogens (tertiary/aromatic N) is 1. The summed E-state index contributed by atoms with van der Waals surface area (Å²) in [6, 6.07) is 10.2. The van der Waals surface area contributed by atoms with Crippen molar-refractivity contribution in [2.75, 3.05) is 4.90 Å². The molecule has 3 rings (SSSR count). The maximum absolute atomic E-state index is 13.8. The van der Waals surface area contributed by atoms with Crippen LogP contribution in [-0.2, 0) is 0 Å². The van der Waals surface area contributed by atoms with E-state index in [1.165, 1.54) is 12.1 Å². The zero-order chi connectivity index (χ0) is 13.6. The molecule has 2 amide bonds. The highest BCUT2D eigenvalue weighted by Crippen LogP contribution is 2.31. The lowest BCUT2D eigenvalue weighted by molar-refractivity contribution is 0.0925. The second kappa shape index (κ2) is 4.17. The van der Waals surface area contributed by atoms with E-state index in [0.717, 1.165) is 11.0 Å². The molecular weight excluding hydrogens is 269 g/mol. The summed E-state index contributed by atoms with van der Waals surface area (Å²) >= 11 is 5.66. The molecule has 0 atom stereocenters. The van der Waals surface area contributed by atoms with Gasteiger partial charge in [-0.25, -0.2) is 9.29 Å². The van der Waals surface area contributed by atoms with Gasteiger partial charge >= 0.3 is 0 Å². The van der Waals surface area contributed by atoms with Crippen LogP contribution in [-0.4, -0.2) is 11.8 Å². The molecule has 0 bridgehead atoms. The lowest BCUT2D eigenvalue weighted by Gasteiger charge is -2.14.